The van der Waals surface area contributed by atoms with Crippen LogP contribution < -0.4 is 10.1 Å². The molecular weight excluding hydrogens is 409 g/mol. The van der Waals surface area contributed by atoms with Crippen LogP contribution in [0.3, 0.4) is 0 Å². The zero-order valence-corrected chi connectivity index (χ0v) is 17.1. The van der Waals surface area contributed by atoms with E-state index in [0.717, 1.165) is 46.4 Å². The van der Waals surface area contributed by atoms with E-state index in [1.807, 2.05) is 41.3 Å². The van der Waals surface area contributed by atoms with Crippen LogP contribution in [0.4, 0.5) is 0 Å². The number of carbonyl (C=O) groups is 1. The normalized spacial score (nSPS) is 18.6. The molecule has 0 saturated carbocycles. The van der Waals surface area contributed by atoms with Gasteiger partial charge >= 0.3 is 0 Å². The van der Waals surface area contributed by atoms with Crippen molar-refractivity contribution in [3.8, 4) is 16.9 Å². The maximum absolute atomic E-state index is 13.0. The second kappa shape index (κ2) is 7.48. The molecule has 2 aromatic carbocycles. The number of hydrogen-bond donors (Lipinski definition) is 1. The molecule has 1 aromatic heterocycles. The molecule has 1 unspecified atom stereocenters. The smallest absolute Gasteiger partial charge is 0.264 e. The summed E-state index contributed by atoms with van der Waals surface area (Å²) in [5.74, 6) is 0.753. The molecular formula is C22H19Cl2N3O2. The van der Waals surface area contributed by atoms with Crippen LogP contribution >= 0.6 is 23.2 Å². The Balaban J connectivity index is 1.56. The molecule has 2 aliphatic heterocycles. The average molecular weight is 428 g/mol. The number of benzene rings is 2. The number of carbonyl (C=O) groups excluding carboxylic acids is 1. The predicted octanol–water partition coefficient (Wildman–Crippen LogP) is 3.94. The number of ether oxygens (including phenoxy) is 1. The fraction of sp³-hybridized carbons (Fsp3) is 0.273. The Morgan fingerprint density at radius 1 is 1.07 bits per heavy atom. The fourth-order valence-electron chi connectivity index (χ4n) is 4.10. The van der Waals surface area contributed by atoms with Crippen LogP contribution in [0.15, 0.2) is 42.6 Å². The quantitative estimate of drug-likeness (QED) is 0.672. The van der Waals surface area contributed by atoms with Gasteiger partial charge in [-0.15, -0.1) is 0 Å². The molecule has 3 heterocycles. The zero-order chi connectivity index (χ0) is 20.0. The number of nitrogens with zero attached hydrogens (tertiary/aromatic N) is 2. The third-order valence-electron chi connectivity index (χ3n) is 5.49. The molecule has 3 aromatic rings. The van der Waals surface area contributed by atoms with E-state index in [-0.39, 0.29) is 5.91 Å². The Bertz CT molecular complexity index is 1110. The summed E-state index contributed by atoms with van der Waals surface area (Å²) in [7, 11) is 0. The summed E-state index contributed by atoms with van der Waals surface area (Å²) >= 11 is 12.7. The van der Waals surface area contributed by atoms with Crippen molar-refractivity contribution in [2.24, 2.45) is 0 Å². The van der Waals surface area contributed by atoms with Crippen molar-refractivity contribution in [2.75, 3.05) is 26.2 Å². The van der Waals surface area contributed by atoms with Crippen molar-refractivity contribution < 1.29 is 9.53 Å². The number of piperazine rings is 1. The van der Waals surface area contributed by atoms with Crippen LogP contribution in [0.5, 0.6) is 5.75 Å². The van der Waals surface area contributed by atoms with Gasteiger partial charge in [0.15, 0.2) is 6.10 Å². The lowest BCUT2D eigenvalue weighted by Crippen LogP contribution is -2.50. The first-order valence-corrected chi connectivity index (χ1v) is 10.4. The lowest BCUT2D eigenvalue weighted by Gasteiger charge is -2.29. The highest BCUT2D eigenvalue weighted by molar-refractivity contribution is 6.32. The van der Waals surface area contributed by atoms with Gasteiger partial charge in [0.05, 0.1) is 5.52 Å². The van der Waals surface area contributed by atoms with Crippen LogP contribution in [0, 0.1) is 0 Å². The molecule has 1 amide bonds. The molecule has 0 bridgehead atoms. The monoisotopic (exact) mass is 427 g/mol. The van der Waals surface area contributed by atoms with Crippen LogP contribution in [-0.2, 0) is 11.2 Å². The molecule has 5 nitrogen and oxygen atoms in total. The zero-order valence-electron chi connectivity index (χ0n) is 15.6. The number of hydrogen-bond acceptors (Lipinski definition) is 4. The Hall–Kier alpha value is -2.34. The van der Waals surface area contributed by atoms with E-state index in [1.165, 1.54) is 0 Å². The summed E-state index contributed by atoms with van der Waals surface area (Å²) in [4.78, 5) is 19.3. The van der Waals surface area contributed by atoms with Gasteiger partial charge in [0.25, 0.3) is 5.91 Å². The van der Waals surface area contributed by atoms with Crippen molar-refractivity contribution in [3.05, 3.63) is 58.2 Å². The number of aromatic nitrogens is 1. The maximum atomic E-state index is 13.0. The molecule has 1 fully saturated rings. The van der Waals surface area contributed by atoms with Gasteiger partial charge in [-0.1, -0.05) is 23.2 Å². The fourth-order valence-corrected chi connectivity index (χ4v) is 4.52. The number of nitrogens with one attached hydrogen (secondary N) is 1. The molecule has 2 aliphatic rings. The Morgan fingerprint density at radius 2 is 1.90 bits per heavy atom. The first kappa shape index (κ1) is 18.7. The number of fused-ring (bicyclic) bond motifs is 2. The van der Waals surface area contributed by atoms with E-state index in [1.54, 1.807) is 6.20 Å². The largest absolute Gasteiger partial charge is 0.479 e. The van der Waals surface area contributed by atoms with Gasteiger partial charge < -0.3 is 15.0 Å². The van der Waals surface area contributed by atoms with Crippen LogP contribution in [0.2, 0.25) is 10.0 Å². The summed E-state index contributed by atoms with van der Waals surface area (Å²) in [5, 5.41) is 5.44. The molecule has 148 valence electrons. The highest BCUT2D eigenvalue weighted by Crippen LogP contribution is 2.43. The van der Waals surface area contributed by atoms with E-state index in [0.29, 0.717) is 29.6 Å². The van der Waals surface area contributed by atoms with Crippen molar-refractivity contribution in [1.29, 1.82) is 0 Å². The molecule has 1 saturated heterocycles. The minimum atomic E-state index is -0.517. The van der Waals surface area contributed by atoms with Gasteiger partial charge in [0.1, 0.15) is 5.75 Å². The molecule has 1 atom stereocenters. The van der Waals surface area contributed by atoms with Gasteiger partial charge in [0.2, 0.25) is 0 Å². The van der Waals surface area contributed by atoms with Gasteiger partial charge in [-0.25, -0.2) is 0 Å². The third-order valence-corrected chi connectivity index (χ3v) is 5.95. The van der Waals surface area contributed by atoms with Crippen LogP contribution in [0.25, 0.3) is 22.0 Å². The summed E-state index contributed by atoms with van der Waals surface area (Å²) < 4.78 is 6.22. The second-order valence-electron chi connectivity index (χ2n) is 7.35. The SMILES string of the molecule is O=C(C1Cc2cc(Cl)cc(-c3ccnc4ccc(Cl)cc34)c2O1)N1CCNCC1. The number of pyridine rings is 1. The van der Waals surface area contributed by atoms with Crippen molar-refractivity contribution in [2.45, 2.75) is 12.5 Å². The lowest BCUT2D eigenvalue weighted by molar-refractivity contribution is -0.138. The van der Waals surface area contributed by atoms with E-state index in [9.17, 15) is 4.79 Å². The molecule has 0 spiro atoms. The van der Waals surface area contributed by atoms with Gasteiger partial charge in [-0.05, 0) is 42.0 Å². The summed E-state index contributed by atoms with van der Waals surface area (Å²) in [6, 6.07) is 11.3. The van der Waals surface area contributed by atoms with Crippen LogP contribution in [0.1, 0.15) is 5.56 Å². The Kier molecular flexibility index (Phi) is 4.82. The molecule has 0 radical (unpaired) electrons. The summed E-state index contributed by atoms with van der Waals surface area (Å²) in [5.41, 5.74) is 3.59. The van der Waals surface area contributed by atoms with Gasteiger partial charge in [-0.3, -0.25) is 9.78 Å². The number of halogens is 2. The molecule has 0 aliphatic carbocycles. The first-order chi connectivity index (χ1) is 14.1. The van der Waals surface area contributed by atoms with Crippen molar-refractivity contribution >= 4 is 40.0 Å². The molecule has 1 N–H and O–H groups in total. The molecule has 5 rings (SSSR count). The Labute approximate surface area is 178 Å². The van der Waals surface area contributed by atoms with E-state index >= 15 is 0 Å². The maximum Gasteiger partial charge on any atom is 0.264 e. The number of amides is 1. The average Bonchev–Trinajstić information content (AvgIpc) is 3.16. The molecule has 7 heteroatoms. The topological polar surface area (TPSA) is 54.5 Å². The summed E-state index contributed by atoms with van der Waals surface area (Å²) in [6.45, 7) is 3.03. The van der Waals surface area contributed by atoms with Gasteiger partial charge in [0, 0.05) is 65.4 Å². The minimum absolute atomic E-state index is 0.0346. The summed E-state index contributed by atoms with van der Waals surface area (Å²) in [6.07, 6.45) is 1.77. The van der Waals surface area contributed by atoms with E-state index < -0.39 is 6.10 Å². The minimum Gasteiger partial charge on any atom is -0.479 e. The van der Waals surface area contributed by atoms with E-state index in [4.69, 9.17) is 27.9 Å². The van der Waals surface area contributed by atoms with Crippen LogP contribution in [-0.4, -0.2) is 48.1 Å². The third kappa shape index (κ3) is 3.44. The van der Waals surface area contributed by atoms with Gasteiger partial charge in [-0.2, -0.15) is 0 Å². The van der Waals surface area contributed by atoms with E-state index in [2.05, 4.69) is 10.3 Å². The standard InChI is InChI=1S/C22H19Cl2N3O2/c23-14-1-2-19-17(11-14)16(3-4-26-19)18-12-15(24)9-13-10-20(29-21(13)18)22(28)27-7-5-25-6-8-27/h1-4,9,11-12,20,25H,5-8,10H2. The van der Waals surface area contributed by atoms with Crippen molar-refractivity contribution in [1.82, 2.24) is 15.2 Å². The molecule has 29 heavy (non-hydrogen) atoms. The second-order valence-corrected chi connectivity index (χ2v) is 8.22. The highest BCUT2D eigenvalue weighted by atomic mass is 35.5. The number of rotatable bonds is 2. The van der Waals surface area contributed by atoms with Crippen molar-refractivity contribution in [3.63, 3.8) is 0 Å². The predicted molar refractivity (Wildman–Crippen MR) is 115 cm³/mol. The lowest BCUT2D eigenvalue weighted by atomic mass is 9.97. The Morgan fingerprint density at radius 3 is 2.72 bits per heavy atom. The first-order valence-electron chi connectivity index (χ1n) is 9.63. The highest BCUT2D eigenvalue weighted by Gasteiger charge is 2.35.